The number of carbonyl (C=O) groups excluding carboxylic acids is 1. The minimum Gasteiger partial charge on any atom is -0.494 e. The number of benzene rings is 2. The van der Waals surface area contributed by atoms with Gasteiger partial charge in [0.15, 0.2) is 5.16 Å². The standard InChI is InChI=1S/C23H22ClN3O3S/c1-2-10-30-17-8-6-15(7-9-17)18-12-19(28)25-21-20(18)22(29)27-23(26-21)31-13-14-4-3-5-16(24)11-14/h3-9,11,18H,2,10,12-13H2,1H3,(H2,25,26,27,28,29). The predicted octanol–water partition coefficient (Wildman–Crippen LogP) is 4.98. The van der Waals surface area contributed by atoms with Crippen LogP contribution in [0.5, 0.6) is 5.75 Å². The predicted molar refractivity (Wildman–Crippen MR) is 123 cm³/mol. The maximum Gasteiger partial charge on any atom is 0.257 e. The molecule has 4 rings (SSSR count). The van der Waals surface area contributed by atoms with Crippen LogP contribution in [0.1, 0.15) is 42.4 Å². The number of amides is 1. The number of hydrogen-bond donors (Lipinski definition) is 2. The van der Waals surface area contributed by atoms with Crippen LogP contribution in [0.2, 0.25) is 5.02 Å². The molecule has 1 unspecified atom stereocenters. The van der Waals surface area contributed by atoms with Crippen LogP contribution in [0, 0.1) is 0 Å². The third-order valence-corrected chi connectivity index (χ3v) is 6.13. The van der Waals surface area contributed by atoms with Gasteiger partial charge < -0.3 is 15.0 Å². The molecule has 1 amide bonds. The number of nitrogens with zero attached hydrogens (tertiary/aromatic N) is 1. The van der Waals surface area contributed by atoms with Crippen LogP contribution in [0.15, 0.2) is 58.5 Å². The molecule has 1 aromatic heterocycles. The van der Waals surface area contributed by atoms with E-state index < -0.39 is 0 Å². The summed E-state index contributed by atoms with van der Waals surface area (Å²) in [5.41, 5.74) is 2.14. The highest BCUT2D eigenvalue weighted by molar-refractivity contribution is 7.98. The molecule has 1 atom stereocenters. The van der Waals surface area contributed by atoms with Crippen molar-refractivity contribution < 1.29 is 9.53 Å². The third-order valence-electron chi connectivity index (χ3n) is 4.95. The summed E-state index contributed by atoms with van der Waals surface area (Å²) >= 11 is 7.42. The molecule has 0 fully saturated rings. The van der Waals surface area contributed by atoms with E-state index >= 15 is 0 Å². The Kier molecular flexibility index (Phi) is 6.63. The number of ether oxygens (including phenoxy) is 1. The van der Waals surface area contributed by atoms with Crippen molar-refractivity contribution in [2.75, 3.05) is 11.9 Å². The van der Waals surface area contributed by atoms with Crippen molar-refractivity contribution in [3.63, 3.8) is 0 Å². The van der Waals surface area contributed by atoms with E-state index in [1.54, 1.807) is 0 Å². The average molecular weight is 456 g/mol. The highest BCUT2D eigenvalue weighted by Crippen LogP contribution is 2.35. The van der Waals surface area contributed by atoms with Crippen molar-refractivity contribution in [3.05, 3.63) is 80.6 Å². The second kappa shape index (κ2) is 9.58. The summed E-state index contributed by atoms with van der Waals surface area (Å²) in [6.07, 6.45) is 1.12. The van der Waals surface area contributed by atoms with Gasteiger partial charge in [-0.1, -0.05) is 54.6 Å². The van der Waals surface area contributed by atoms with E-state index in [9.17, 15) is 9.59 Å². The highest BCUT2D eigenvalue weighted by Gasteiger charge is 2.31. The number of rotatable bonds is 7. The zero-order chi connectivity index (χ0) is 21.8. The first-order chi connectivity index (χ1) is 15.0. The lowest BCUT2D eigenvalue weighted by atomic mass is 9.87. The van der Waals surface area contributed by atoms with Crippen LogP contribution in [0.3, 0.4) is 0 Å². The van der Waals surface area contributed by atoms with Crippen LogP contribution >= 0.6 is 23.4 Å². The van der Waals surface area contributed by atoms with Gasteiger partial charge in [0, 0.05) is 23.1 Å². The Morgan fingerprint density at radius 2 is 2.00 bits per heavy atom. The van der Waals surface area contributed by atoms with Gasteiger partial charge in [0.2, 0.25) is 5.91 Å². The van der Waals surface area contributed by atoms with E-state index in [1.807, 2.05) is 55.5 Å². The second-order valence-corrected chi connectivity index (χ2v) is 8.67. The molecule has 3 aromatic rings. The van der Waals surface area contributed by atoms with Gasteiger partial charge >= 0.3 is 0 Å². The first-order valence-electron chi connectivity index (χ1n) is 10.1. The normalized spacial score (nSPS) is 15.3. The summed E-state index contributed by atoms with van der Waals surface area (Å²) in [6, 6.07) is 15.1. The van der Waals surface area contributed by atoms with E-state index in [0.29, 0.717) is 33.9 Å². The lowest BCUT2D eigenvalue weighted by molar-refractivity contribution is -0.116. The molecule has 8 heteroatoms. The number of nitrogens with one attached hydrogen (secondary N) is 2. The van der Waals surface area contributed by atoms with E-state index in [4.69, 9.17) is 16.3 Å². The molecule has 2 N–H and O–H groups in total. The third kappa shape index (κ3) is 5.11. The summed E-state index contributed by atoms with van der Waals surface area (Å²) in [5.74, 6) is 1.18. The molecule has 1 aliphatic rings. The molecule has 0 saturated heterocycles. The average Bonchev–Trinajstić information content (AvgIpc) is 2.76. The van der Waals surface area contributed by atoms with Gasteiger partial charge in [-0.25, -0.2) is 4.98 Å². The van der Waals surface area contributed by atoms with Crippen LogP contribution in [-0.2, 0) is 10.5 Å². The Bertz CT molecular complexity index is 1150. The van der Waals surface area contributed by atoms with Crippen molar-refractivity contribution in [3.8, 4) is 5.75 Å². The Hall–Kier alpha value is -2.77. The fraction of sp³-hybridized carbons (Fsp3) is 0.261. The molecule has 2 aromatic carbocycles. The Labute approximate surface area is 189 Å². The van der Waals surface area contributed by atoms with Gasteiger partial charge in [-0.3, -0.25) is 9.59 Å². The number of fused-ring (bicyclic) bond motifs is 1. The van der Waals surface area contributed by atoms with E-state index in [2.05, 4.69) is 15.3 Å². The maximum atomic E-state index is 12.9. The van der Waals surface area contributed by atoms with Crippen molar-refractivity contribution in [2.24, 2.45) is 0 Å². The largest absolute Gasteiger partial charge is 0.494 e. The smallest absolute Gasteiger partial charge is 0.257 e. The summed E-state index contributed by atoms with van der Waals surface area (Å²) in [7, 11) is 0. The van der Waals surface area contributed by atoms with Crippen molar-refractivity contribution in [2.45, 2.75) is 36.6 Å². The van der Waals surface area contributed by atoms with E-state index in [1.165, 1.54) is 11.8 Å². The quantitative estimate of drug-likeness (QED) is 0.387. The number of hydrogen-bond acceptors (Lipinski definition) is 5. The summed E-state index contributed by atoms with van der Waals surface area (Å²) in [4.78, 5) is 32.7. The van der Waals surface area contributed by atoms with Gasteiger partial charge in [-0.15, -0.1) is 0 Å². The maximum absolute atomic E-state index is 12.9. The molecule has 0 radical (unpaired) electrons. The summed E-state index contributed by atoms with van der Waals surface area (Å²) in [6.45, 7) is 2.69. The first-order valence-corrected chi connectivity index (χ1v) is 11.4. The van der Waals surface area contributed by atoms with Gasteiger partial charge in [0.25, 0.3) is 5.56 Å². The summed E-state index contributed by atoms with van der Waals surface area (Å²) < 4.78 is 5.63. The first kappa shape index (κ1) is 21.5. The van der Waals surface area contributed by atoms with Crippen LogP contribution < -0.4 is 15.6 Å². The molecular weight excluding hydrogens is 434 g/mol. The van der Waals surface area contributed by atoms with Crippen molar-refractivity contribution in [1.82, 2.24) is 9.97 Å². The minimum absolute atomic E-state index is 0.160. The lowest BCUT2D eigenvalue weighted by Crippen LogP contribution is -2.31. The van der Waals surface area contributed by atoms with Crippen LogP contribution in [0.4, 0.5) is 5.82 Å². The second-order valence-electron chi connectivity index (χ2n) is 7.27. The van der Waals surface area contributed by atoms with Gasteiger partial charge in [-0.05, 0) is 41.8 Å². The molecule has 0 bridgehead atoms. The number of anilines is 1. The zero-order valence-electron chi connectivity index (χ0n) is 17.0. The highest BCUT2D eigenvalue weighted by atomic mass is 35.5. The summed E-state index contributed by atoms with van der Waals surface area (Å²) in [5, 5.41) is 3.87. The van der Waals surface area contributed by atoms with E-state index in [0.717, 1.165) is 23.3 Å². The van der Waals surface area contributed by atoms with Crippen LogP contribution in [0.25, 0.3) is 0 Å². The number of aromatic nitrogens is 2. The van der Waals surface area contributed by atoms with Crippen molar-refractivity contribution in [1.29, 1.82) is 0 Å². The zero-order valence-corrected chi connectivity index (χ0v) is 18.6. The van der Waals surface area contributed by atoms with Gasteiger partial charge in [0.05, 0.1) is 12.2 Å². The molecule has 1 aliphatic heterocycles. The topological polar surface area (TPSA) is 84.1 Å². The Morgan fingerprint density at radius 3 is 2.74 bits per heavy atom. The lowest BCUT2D eigenvalue weighted by Gasteiger charge is -2.24. The number of aromatic amines is 1. The van der Waals surface area contributed by atoms with Crippen LogP contribution in [-0.4, -0.2) is 22.5 Å². The minimum atomic E-state index is -0.354. The molecule has 0 spiro atoms. The van der Waals surface area contributed by atoms with Crippen molar-refractivity contribution >= 4 is 35.1 Å². The molecule has 0 aliphatic carbocycles. The molecular formula is C23H22ClN3O3S. The molecule has 160 valence electrons. The number of halogens is 1. The number of thioether (sulfide) groups is 1. The molecule has 31 heavy (non-hydrogen) atoms. The monoisotopic (exact) mass is 455 g/mol. The molecule has 6 nitrogen and oxygen atoms in total. The van der Waals surface area contributed by atoms with Gasteiger partial charge in [0.1, 0.15) is 11.6 Å². The molecule has 2 heterocycles. The SMILES string of the molecule is CCCOc1ccc(C2CC(=O)Nc3nc(SCc4cccc(Cl)c4)[nH]c(=O)c32)cc1. The Balaban J connectivity index is 1.59. The number of H-pyrrole nitrogens is 1. The fourth-order valence-electron chi connectivity index (χ4n) is 3.50. The number of carbonyl (C=O) groups is 1. The Morgan fingerprint density at radius 1 is 1.19 bits per heavy atom. The fourth-order valence-corrected chi connectivity index (χ4v) is 4.51. The molecule has 0 saturated carbocycles. The van der Waals surface area contributed by atoms with E-state index in [-0.39, 0.29) is 23.8 Å². The van der Waals surface area contributed by atoms with Gasteiger partial charge in [-0.2, -0.15) is 0 Å².